The molecule has 156 valence electrons. The number of nitrogens with zero attached hydrogens (tertiary/aromatic N) is 2. The van der Waals surface area contributed by atoms with Crippen molar-refractivity contribution < 1.29 is 9.53 Å². The van der Waals surface area contributed by atoms with Gasteiger partial charge in [0.05, 0.1) is 0 Å². The Labute approximate surface area is 165 Å². The molecule has 0 aromatic rings. The zero-order valence-corrected chi connectivity index (χ0v) is 17.6. The second-order valence-electron chi connectivity index (χ2n) is 8.33. The number of amides is 1. The SMILES string of the molecule is CCNC(=NCCCOCC(C)C)NC1CCN(C(=O)C2CCCCC2)C1. The maximum absolute atomic E-state index is 12.7. The molecule has 2 aliphatic rings. The lowest BCUT2D eigenvalue weighted by atomic mass is 9.88. The second kappa shape index (κ2) is 12.2. The van der Waals surface area contributed by atoms with Gasteiger partial charge in [0.15, 0.2) is 5.96 Å². The van der Waals surface area contributed by atoms with Crippen LogP contribution in [-0.2, 0) is 9.53 Å². The summed E-state index contributed by atoms with van der Waals surface area (Å²) in [7, 11) is 0. The summed E-state index contributed by atoms with van der Waals surface area (Å²) < 4.78 is 5.61. The molecule has 0 bridgehead atoms. The molecule has 27 heavy (non-hydrogen) atoms. The molecule has 2 N–H and O–H groups in total. The number of carbonyl (C=O) groups is 1. The van der Waals surface area contributed by atoms with Crippen molar-refractivity contribution in [3.63, 3.8) is 0 Å². The van der Waals surface area contributed by atoms with Crippen LogP contribution in [0.5, 0.6) is 0 Å². The maximum Gasteiger partial charge on any atom is 0.225 e. The van der Waals surface area contributed by atoms with Gasteiger partial charge in [0.25, 0.3) is 0 Å². The Morgan fingerprint density at radius 1 is 1.22 bits per heavy atom. The first kappa shape index (κ1) is 22.0. The van der Waals surface area contributed by atoms with E-state index in [0.29, 0.717) is 17.9 Å². The van der Waals surface area contributed by atoms with Crippen LogP contribution in [0.1, 0.15) is 65.7 Å². The van der Waals surface area contributed by atoms with Crippen molar-refractivity contribution in [2.45, 2.75) is 71.8 Å². The van der Waals surface area contributed by atoms with E-state index in [1.165, 1.54) is 19.3 Å². The summed E-state index contributed by atoms with van der Waals surface area (Å²) in [6.45, 7) is 11.2. The highest BCUT2D eigenvalue weighted by molar-refractivity contribution is 5.81. The second-order valence-corrected chi connectivity index (χ2v) is 8.33. The number of hydrogen-bond acceptors (Lipinski definition) is 3. The average Bonchev–Trinajstić information content (AvgIpc) is 3.13. The Bertz CT molecular complexity index is 461. The number of likely N-dealkylation sites (tertiary alicyclic amines) is 1. The lowest BCUT2D eigenvalue weighted by Gasteiger charge is -2.26. The first-order chi connectivity index (χ1) is 13.1. The molecule has 1 saturated heterocycles. The van der Waals surface area contributed by atoms with Gasteiger partial charge in [0, 0.05) is 51.4 Å². The van der Waals surface area contributed by atoms with E-state index in [2.05, 4.69) is 41.3 Å². The fourth-order valence-corrected chi connectivity index (χ4v) is 3.88. The largest absolute Gasteiger partial charge is 0.381 e. The third kappa shape index (κ3) is 8.08. The highest BCUT2D eigenvalue weighted by Crippen LogP contribution is 2.26. The van der Waals surface area contributed by atoms with Crippen molar-refractivity contribution in [1.29, 1.82) is 0 Å². The van der Waals surface area contributed by atoms with E-state index in [9.17, 15) is 4.79 Å². The summed E-state index contributed by atoms with van der Waals surface area (Å²) in [4.78, 5) is 19.4. The molecule has 1 aliphatic carbocycles. The van der Waals surface area contributed by atoms with E-state index < -0.39 is 0 Å². The molecule has 0 aromatic heterocycles. The molecule has 2 rings (SSSR count). The standard InChI is InChI=1S/C21H40N4O2/c1-4-22-21(23-12-8-14-27-16-17(2)3)24-19-11-13-25(15-19)20(26)18-9-6-5-7-10-18/h17-19H,4-16H2,1-3H3,(H2,22,23,24). The number of aliphatic imine (C=N–C) groups is 1. The lowest BCUT2D eigenvalue weighted by Crippen LogP contribution is -2.45. The lowest BCUT2D eigenvalue weighted by molar-refractivity contribution is -0.135. The molecule has 0 radical (unpaired) electrons. The van der Waals surface area contributed by atoms with E-state index in [4.69, 9.17) is 4.74 Å². The molecule has 0 spiro atoms. The Balaban J connectivity index is 1.72. The number of guanidine groups is 1. The van der Waals surface area contributed by atoms with Crippen molar-refractivity contribution in [2.75, 3.05) is 39.4 Å². The molecule has 2 fully saturated rings. The molecule has 1 heterocycles. The van der Waals surface area contributed by atoms with Crippen LogP contribution in [0.2, 0.25) is 0 Å². The van der Waals surface area contributed by atoms with Crippen LogP contribution in [0.25, 0.3) is 0 Å². The molecule has 1 unspecified atom stereocenters. The van der Waals surface area contributed by atoms with Crippen LogP contribution in [0.4, 0.5) is 0 Å². The van der Waals surface area contributed by atoms with Crippen LogP contribution in [-0.4, -0.2) is 62.2 Å². The summed E-state index contributed by atoms with van der Waals surface area (Å²) in [6, 6.07) is 0.299. The van der Waals surface area contributed by atoms with Gasteiger partial charge in [-0.15, -0.1) is 0 Å². The van der Waals surface area contributed by atoms with E-state index >= 15 is 0 Å². The number of hydrogen-bond donors (Lipinski definition) is 2. The maximum atomic E-state index is 12.7. The zero-order valence-electron chi connectivity index (χ0n) is 17.6. The van der Waals surface area contributed by atoms with Gasteiger partial charge in [0.2, 0.25) is 5.91 Å². The fourth-order valence-electron chi connectivity index (χ4n) is 3.88. The zero-order chi connectivity index (χ0) is 19.5. The number of ether oxygens (including phenoxy) is 1. The molecule has 0 aromatic carbocycles. The van der Waals surface area contributed by atoms with E-state index in [1.54, 1.807) is 0 Å². The molecule has 1 aliphatic heterocycles. The average molecular weight is 381 g/mol. The molecule has 1 amide bonds. The van der Waals surface area contributed by atoms with Crippen molar-refractivity contribution in [3.8, 4) is 0 Å². The van der Waals surface area contributed by atoms with Crippen molar-refractivity contribution >= 4 is 11.9 Å². The van der Waals surface area contributed by atoms with Crippen LogP contribution < -0.4 is 10.6 Å². The van der Waals surface area contributed by atoms with Crippen LogP contribution in [0.15, 0.2) is 4.99 Å². The fraction of sp³-hybridized carbons (Fsp3) is 0.905. The van der Waals surface area contributed by atoms with Crippen LogP contribution in [0, 0.1) is 11.8 Å². The van der Waals surface area contributed by atoms with E-state index in [0.717, 1.165) is 71.0 Å². The highest BCUT2D eigenvalue weighted by Gasteiger charge is 2.31. The molecular weight excluding hydrogens is 340 g/mol. The summed E-state index contributed by atoms with van der Waals surface area (Å²) in [6.07, 6.45) is 7.81. The Morgan fingerprint density at radius 2 is 2.00 bits per heavy atom. The predicted octanol–water partition coefficient (Wildman–Crippen LogP) is 2.79. The Kier molecular flexibility index (Phi) is 9.95. The number of rotatable bonds is 9. The van der Waals surface area contributed by atoms with Crippen molar-refractivity contribution in [2.24, 2.45) is 16.8 Å². The minimum atomic E-state index is 0.269. The number of nitrogens with one attached hydrogen (secondary N) is 2. The third-order valence-corrected chi connectivity index (χ3v) is 5.31. The van der Waals surface area contributed by atoms with Gasteiger partial charge in [-0.05, 0) is 38.5 Å². The minimum Gasteiger partial charge on any atom is -0.381 e. The van der Waals surface area contributed by atoms with E-state index in [-0.39, 0.29) is 5.92 Å². The van der Waals surface area contributed by atoms with Gasteiger partial charge < -0.3 is 20.3 Å². The summed E-state index contributed by atoms with van der Waals surface area (Å²) in [5.41, 5.74) is 0. The van der Waals surface area contributed by atoms with Gasteiger partial charge in [-0.1, -0.05) is 33.1 Å². The highest BCUT2D eigenvalue weighted by atomic mass is 16.5. The van der Waals surface area contributed by atoms with Gasteiger partial charge in [-0.2, -0.15) is 0 Å². The Hall–Kier alpha value is -1.30. The smallest absolute Gasteiger partial charge is 0.225 e. The van der Waals surface area contributed by atoms with Gasteiger partial charge in [-0.25, -0.2) is 0 Å². The van der Waals surface area contributed by atoms with Gasteiger partial charge in [0.1, 0.15) is 0 Å². The molecule has 1 saturated carbocycles. The molecule has 6 nitrogen and oxygen atoms in total. The summed E-state index contributed by atoms with van der Waals surface area (Å²) in [5, 5.41) is 6.84. The third-order valence-electron chi connectivity index (χ3n) is 5.31. The van der Waals surface area contributed by atoms with E-state index in [1.807, 2.05) is 0 Å². The summed E-state index contributed by atoms with van der Waals surface area (Å²) in [5.74, 6) is 2.08. The van der Waals surface area contributed by atoms with Gasteiger partial charge >= 0.3 is 0 Å². The van der Waals surface area contributed by atoms with Crippen molar-refractivity contribution in [1.82, 2.24) is 15.5 Å². The number of carbonyl (C=O) groups excluding carboxylic acids is 1. The minimum absolute atomic E-state index is 0.269. The van der Waals surface area contributed by atoms with Crippen molar-refractivity contribution in [3.05, 3.63) is 0 Å². The molecule has 1 atom stereocenters. The van der Waals surface area contributed by atoms with Gasteiger partial charge in [-0.3, -0.25) is 9.79 Å². The summed E-state index contributed by atoms with van der Waals surface area (Å²) >= 11 is 0. The topological polar surface area (TPSA) is 66.0 Å². The van der Waals surface area contributed by atoms with Crippen LogP contribution >= 0.6 is 0 Å². The molecular formula is C21H40N4O2. The van der Waals surface area contributed by atoms with Crippen LogP contribution in [0.3, 0.4) is 0 Å². The quantitative estimate of drug-likeness (QED) is 0.367. The predicted molar refractivity (Wildman–Crippen MR) is 111 cm³/mol. The monoisotopic (exact) mass is 380 g/mol. The first-order valence-corrected chi connectivity index (χ1v) is 11.0. The first-order valence-electron chi connectivity index (χ1n) is 11.0. The Morgan fingerprint density at radius 3 is 2.70 bits per heavy atom. The molecule has 6 heteroatoms. The normalized spacial score (nSPS) is 21.7.